The van der Waals surface area contributed by atoms with Crippen LogP contribution in [0.4, 0.5) is 5.82 Å². The number of carbonyl (C=O) groups is 1. The van der Waals surface area contributed by atoms with Crippen molar-refractivity contribution in [3.05, 3.63) is 35.9 Å². The van der Waals surface area contributed by atoms with Crippen LogP contribution in [-0.4, -0.2) is 54.2 Å². The second-order valence-corrected chi connectivity index (χ2v) is 5.17. The summed E-state index contributed by atoms with van der Waals surface area (Å²) in [6, 6.07) is 9.06. The normalized spacial score (nSPS) is 16.6. The summed E-state index contributed by atoms with van der Waals surface area (Å²) in [4.78, 5) is 20.2. The molecule has 104 valence electrons. The summed E-state index contributed by atoms with van der Waals surface area (Å²) in [6.45, 7) is 3.95. The molecule has 0 atom stereocenters. The van der Waals surface area contributed by atoms with Crippen molar-refractivity contribution in [3.63, 3.8) is 0 Å². The molecule has 1 aliphatic rings. The largest absolute Gasteiger partial charge is 0.478 e. The number of nitrogens with zero attached hydrogens (tertiary/aromatic N) is 3. The smallest absolute Gasteiger partial charge is 0.335 e. The van der Waals surface area contributed by atoms with Gasteiger partial charge in [0, 0.05) is 31.6 Å². The fourth-order valence-electron chi connectivity index (χ4n) is 2.45. The lowest BCUT2D eigenvalue weighted by molar-refractivity contribution is 0.0697. The van der Waals surface area contributed by atoms with Crippen molar-refractivity contribution in [3.8, 4) is 0 Å². The van der Waals surface area contributed by atoms with Gasteiger partial charge in [-0.05, 0) is 31.3 Å². The van der Waals surface area contributed by atoms with Crippen LogP contribution in [-0.2, 0) is 0 Å². The zero-order chi connectivity index (χ0) is 14.1. The van der Waals surface area contributed by atoms with Gasteiger partial charge in [-0.15, -0.1) is 0 Å². The predicted molar refractivity (Wildman–Crippen MR) is 78.4 cm³/mol. The molecule has 1 aliphatic heterocycles. The van der Waals surface area contributed by atoms with Crippen LogP contribution in [0.25, 0.3) is 10.9 Å². The number of rotatable bonds is 2. The lowest BCUT2D eigenvalue weighted by atomic mass is 10.1. The van der Waals surface area contributed by atoms with E-state index in [1.54, 1.807) is 18.2 Å². The number of likely N-dealkylation sites (N-methyl/N-ethyl adjacent to an activating group) is 1. The van der Waals surface area contributed by atoms with Crippen molar-refractivity contribution in [2.75, 3.05) is 38.1 Å². The van der Waals surface area contributed by atoms with Gasteiger partial charge in [-0.25, -0.2) is 9.78 Å². The van der Waals surface area contributed by atoms with E-state index < -0.39 is 5.97 Å². The lowest BCUT2D eigenvalue weighted by Crippen LogP contribution is -2.44. The van der Waals surface area contributed by atoms with Crippen LogP contribution in [0.1, 0.15) is 10.4 Å². The summed E-state index contributed by atoms with van der Waals surface area (Å²) in [5.41, 5.74) is 1.02. The van der Waals surface area contributed by atoms with Gasteiger partial charge in [0.25, 0.3) is 0 Å². The average Bonchev–Trinajstić information content (AvgIpc) is 2.47. The highest BCUT2D eigenvalue weighted by atomic mass is 16.4. The molecular formula is C15H17N3O2. The number of piperazine rings is 1. The Kier molecular flexibility index (Phi) is 3.28. The topological polar surface area (TPSA) is 56.7 Å². The third-order valence-corrected chi connectivity index (χ3v) is 3.75. The third kappa shape index (κ3) is 2.44. The van der Waals surface area contributed by atoms with E-state index in [0.717, 1.165) is 42.9 Å². The number of hydrogen-bond donors (Lipinski definition) is 1. The van der Waals surface area contributed by atoms with Crippen LogP contribution < -0.4 is 4.90 Å². The molecule has 0 amide bonds. The van der Waals surface area contributed by atoms with Gasteiger partial charge in [0.2, 0.25) is 0 Å². The van der Waals surface area contributed by atoms with Gasteiger partial charge in [0.1, 0.15) is 5.82 Å². The Balaban J connectivity index is 1.94. The van der Waals surface area contributed by atoms with Crippen molar-refractivity contribution in [2.24, 2.45) is 0 Å². The van der Waals surface area contributed by atoms with Crippen molar-refractivity contribution < 1.29 is 9.90 Å². The molecule has 0 saturated carbocycles. The Morgan fingerprint density at radius 1 is 1.15 bits per heavy atom. The molecule has 2 heterocycles. The second kappa shape index (κ2) is 5.09. The molecule has 20 heavy (non-hydrogen) atoms. The summed E-state index contributed by atoms with van der Waals surface area (Å²) in [7, 11) is 2.12. The molecule has 5 nitrogen and oxygen atoms in total. The highest BCUT2D eigenvalue weighted by Crippen LogP contribution is 2.20. The fourth-order valence-corrected chi connectivity index (χ4v) is 2.45. The highest BCUT2D eigenvalue weighted by Gasteiger charge is 2.15. The summed E-state index contributed by atoms with van der Waals surface area (Å²) in [5.74, 6) is 0.00633. The Morgan fingerprint density at radius 2 is 1.85 bits per heavy atom. The van der Waals surface area contributed by atoms with Gasteiger partial charge in [-0.3, -0.25) is 0 Å². The molecule has 1 saturated heterocycles. The molecule has 0 aliphatic carbocycles. The van der Waals surface area contributed by atoms with Gasteiger partial charge in [-0.1, -0.05) is 6.07 Å². The standard InChI is InChI=1S/C15H17N3O2/c1-17-6-8-18(9-7-17)14-5-4-11-2-3-12(15(19)20)10-13(11)16-14/h2-5,10H,6-9H2,1H3,(H,19,20). The van der Waals surface area contributed by atoms with Gasteiger partial charge in [-0.2, -0.15) is 0 Å². The Bertz CT molecular complexity index is 649. The number of fused-ring (bicyclic) bond motifs is 1. The molecule has 2 aromatic rings. The molecule has 1 fully saturated rings. The van der Waals surface area contributed by atoms with Gasteiger partial charge < -0.3 is 14.9 Å². The van der Waals surface area contributed by atoms with Crippen molar-refractivity contribution >= 4 is 22.7 Å². The molecule has 1 N–H and O–H groups in total. The van der Waals surface area contributed by atoms with Crippen LogP contribution in [0.15, 0.2) is 30.3 Å². The Hall–Kier alpha value is -2.14. The number of anilines is 1. The zero-order valence-electron chi connectivity index (χ0n) is 11.4. The Labute approximate surface area is 117 Å². The number of aromatic nitrogens is 1. The van der Waals surface area contributed by atoms with Gasteiger partial charge in [0.15, 0.2) is 0 Å². The van der Waals surface area contributed by atoms with Crippen LogP contribution in [0.2, 0.25) is 0 Å². The molecule has 1 aromatic heterocycles. The molecule has 0 spiro atoms. The maximum Gasteiger partial charge on any atom is 0.335 e. The van der Waals surface area contributed by atoms with Crippen molar-refractivity contribution in [1.82, 2.24) is 9.88 Å². The molecule has 3 rings (SSSR count). The van der Waals surface area contributed by atoms with Crippen molar-refractivity contribution in [2.45, 2.75) is 0 Å². The number of benzene rings is 1. The first kappa shape index (κ1) is 12.9. The third-order valence-electron chi connectivity index (χ3n) is 3.75. The first-order valence-electron chi connectivity index (χ1n) is 6.71. The monoisotopic (exact) mass is 271 g/mol. The van der Waals surface area contributed by atoms with E-state index in [-0.39, 0.29) is 5.56 Å². The van der Waals surface area contributed by atoms with E-state index in [1.165, 1.54) is 0 Å². The van der Waals surface area contributed by atoms with Crippen LogP contribution in [0.5, 0.6) is 0 Å². The number of pyridine rings is 1. The quantitative estimate of drug-likeness (QED) is 0.900. The van der Waals surface area contributed by atoms with Crippen LogP contribution >= 0.6 is 0 Å². The zero-order valence-corrected chi connectivity index (χ0v) is 11.4. The van der Waals surface area contributed by atoms with Gasteiger partial charge >= 0.3 is 5.97 Å². The van der Waals surface area contributed by atoms with Crippen molar-refractivity contribution in [1.29, 1.82) is 0 Å². The summed E-state index contributed by atoms with van der Waals surface area (Å²) in [6.07, 6.45) is 0. The summed E-state index contributed by atoms with van der Waals surface area (Å²) < 4.78 is 0. The molecule has 0 bridgehead atoms. The number of carboxylic acid groups (broad SMARTS) is 1. The molecule has 1 aromatic carbocycles. The fraction of sp³-hybridized carbons (Fsp3) is 0.333. The highest BCUT2D eigenvalue weighted by molar-refractivity contribution is 5.93. The summed E-state index contributed by atoms with van der Waals surface area (Å²) in [5, 5.41) is 10.0. The minimum absolute atomic E-state index is 0.278. The Morgan fingerprint density at radius 3 is 2.55 bits per heavy atom. The molecular weight excluding hydrogens is 254 g/mol. The predicted octanol–water partition coefficient (Wildman–Crippen LogP) is 1.68. The maximum atomic E-state index is 11.0. The number of carboxylic acids is 1. The minimum atomic E-state index is -0.918. The van der Waals surface area contributed by atoms with E-state index in [4.69, 9.17) is 5.11 Å². The molecule has 0 unspecified atom stereocenters. The first-order chi connectivity index (χ1) is 9.63. The van der Waals surface area contributed by atoms with E-state index in [2.05, 4.69) is 21.8 Å². The van der Waals surface area contributed by atoms with E-state index in [1.807, 2.05) is 12.1 Å². The minimum Gasteiger partial charge on any atom is -0.478 e. The van der Waals surface area contributed by atoms with Crippen LogP contribution in [0, 0.1) is 0 Å². The average molecular weight is 271 g/mol. The second-order valence-electron chi connectivity index (χ2n) is 5.17. The number of hydrogen-bond acceptors (Lipinski definition) is 4. The van der Waals surface area contributed by atoms with E-state index >= 15 is 0 Å². The summed E-state index contributed by atoms with van der Waals surface area (Å²) >= 11 is 0. The number of aromatic carboxylic acids is 1. The van der Waals surface area contributed by atoms with Gasteiger partial charge in [0.05, 0.1) is 11.1 Å². The van der Waals surface area contributed by atoms with E-state index in [9.17, 15) is 4.79 Å². The lowest BCUT2D eigenvalue weighted by Gasteiger charge is -2.33. The molecule has 5 heteroatoms. The SMILES string of the molecule is CN1CCN(c2ccc3ccc(C(=O)O)cc3n2)CC1. The van der Waals surface area contributed by atoms with Crippen LogP contribution in [0.3, 0.4) is 0 Å². The van der Waals surface area contributed by atoms with E-state index in [0.29, 0.717) is 0 Å². The maximum absolute atomic E-state index is 11.0. The molecule has 0 radical (unpaired) electrons. The first-order valence-corrected chi connectivity index (χ1v) is 6.71.